The lowest BCUT2D eigenvalue weighted by Crippen LogP contribution is -2.30. The largest absolute Gasteiger partial charge is 0.508 e. The van der Waals surface area contributed by atoms with Gasteiger partial charge in [0.15, 0.2) is 0 Å². The van der Waals surface area contributed by atoms with Gasteiger partial charge in [0.05, 0.1) is 0 Å². The fraction of sp³-hybridized carbons (Fsp3) is 0.364. The van der Waals surface area contributed by atoms with Crippen LogP contribution in [0.5, 0.6) is 5.75 Å². The third-order valence-corrected chi connectivity index (χ3v) is 8.42. The van der Waals surface area contributed by atoms with Gasteiger partial charge >= 0.3 is 0 Å². The van der Waals surface area contributed by atoms with Gasteiger partial charge in [0.1, 0.15) is 5.75 Å². The molecule has 0 fully saturated rings. The first-order valence-electron chi connectivity index (χ1n) is 13.0. The van der Waals surface area contributed by atoms with E-state index >= 15 is 0 Å². The van der Waals surface area contributed by atoms with Gasteiger partial charge in [0.25, 0.3) is 5.91 Å². The fourth-order valence-electron chi connectivity index (χ4n) is 5.73. The van der Waals surface area contributed by atoms with E-state index in [0.29, 0.717) is 17.2 Å². The number of allylic oxidation sites excluding steroid dienone is 1. The summed E-state index contributed by atoms with van der Waals surface area (Å²) in [4.78, 5) is 12.6. The van der Waals surface area contributed by atoms with Crippen molar-refractivity contribution in [3.8, 4) is 5.75 Å². The molecule has 1 amide bonds. The number of anilines is 1. The van der Waals surface area contributed by atoms with E-state index in [1.54, 1.807) is 24.3 Å². The topological polar surface area (TPSA) is 49.3 Å². The highest BCUT2D eigenvalue weighted by molar-refractivity contribution is 6.04. The van der Waals surface area contributed by atoms with Gasteiger partial charge in [0, 0.05) is 11.3 Å². The maximum atomic E-state index is 12.6. The van der Waals surface area contributed by atoms with E-state index in [0.717, 1.165) is 18.4 Å². The van der Waals surface area contributed by atoms with Gasteiger partial charge in [-0.3, -0.25) is 4.79 Å². The van der Waals surface area contributed by atoms with Gasteiger partial charge in [-0.25, -0.2) is 0 Å². The molecule has 3 nitrogen and oxygen atoms in total. The van der Waals surface area contributed by atoms with Crippen molar-refractivity contribution in [3.63, 3.8) is 0 Å². The number of carbonyl (C=O) groups excluding carboxylic acids is 1. The van der Waals surface area contributed by atoms with Crippen LogP contribution in [-0.4, -0.2) is 11.0 Å². The second-order valence-corrected chi connectivity index (χ2v) is 11.4. The normalized spacial score (nSPS) is 18.1. The quantitative estimate of drug-likeness (QED) is 0.274. The molecule has 3 aromatic carbocycles. The van der Waals surface area contributed by atoms with Crippen molar-refractivity contribution >= 4 is 23.2 Å². The Labute approximate surface area is 216 Å². The van der Waals surface area contributed by atoms with E-state index in [9.17, 15) is 9.90 Å². The molecule has 0 radical (unpaired) electrons. The van der Waals surface area contributed by atoms with Crippen molar-refractivity contribution in [3.05, 3.63) is 94.0 Å². The molecule has 0 bridgehead atoms. The van der Waals surface area contributed by atoms with Gasteiger partial charge in [-0.1, -0.05) is 78.3 Å². The molecule has 4 rings (SSSR count). The highest BCUT2D eigenvalue weighted by Gasteiger charge is 2.48. The molecule has 1 aliphatic rings. The molecule has 3 aromatic rings. The van der Waals surface area contributed by atoms with Gasteiger partial charge in [-0.05, 0) is 99.9 Å². The van der Waals surface area contributed by atoms with Crippen LogP contribution in [0.25, 0.3) is 11.6 Å². The molecule has 2 N–H and O–H groups in total. The Morgan fingerprint density at radius 3 is 2.11 bits per heavy atom. The Hall–Kier alpha value is -3.33. The summed E-state index contributed by atoms with van der Waals surface area (Å²) < 4.78 is 0. The maximum Gasteiger partial charge on any atom is 0.255 e. The number of amides is 1. The van der Waals surface area contributed by atoms with Crippen LogP contribution >= 0.6 is 0 Å². The van der Waals surface area contributed by atoms with Crippen LogP contribution in [0.2, 0.25) is 0 Å². The molecule has 0 aliphatic heterocycles. The summed E-state index contributed by atoms with van der Waals surface area (Å²) in [6.45, 7) is 16.4. The number of hydrogen-bond donors (Lipinski definition) is 2. The minimum atomic E-state index is -0.171. The zero-order valence-electron chi connectivity index (χ0n) is 22.7. The van der Waals surface area contributed by atoms with Crippen molar-refractivity contribution in [2.24, 2.45) is 5.92 Å². The lowest BCUT2D eigenvalue weighted by molar-refractivity contribution is 0.102. The SMILES string of the molecule is CCCc1cc2c(cc1/C(C)=C/c1ccc(C(=O)Nc3ccc(O)cc3)cc1)C(C)(C)C(C)C2(C)C. The van der Waals surface area contributed by atoms with Crippen molar-refractivity contribution < 1.29 is 9.90 Å². The Morgan fingerprint density at radius 2 is 1.53 bits per heavy atom. The highest BCUT2D eigenvalue weighted by Crippen LogP contribution is 2.54. The molecule has 36 heavy (non-hydrogen) atoms. The average Bonchev–Trinajstić information content (AvgIpc) is 2.97. The number of hydrogen-bond acceptors (Lipinski definition) is 2. The molecular weight excluding hydrogens is 442 g/mol. The molecule has 0 saturated carbocycles. The zero-order valence-corrected chi connectivity index (χ0v) is 22.7. The van der Waals surface area contributed by atoms with Crippen LogP contribution in [-0.2, 0) is 17.3 Å². The van der Waals surface area contributed by atoms with Crippen molar-refractivity contribution in [1.82, 2.24) is 0 Å². The number of nitrogens with one attached hydrogen (secondary N) is 1. The molecule has 1 aliphatic carbocycles. The molecule has 0 saturated heterocycles. The number of aromatic hydroxyl groups is 1. The predicted molar refractivity (Wildman–Crippen MR) is 152 cm³/mol. The van der Waals surface area contributed by atoms with E-state index in [-0.39, 0.29) is 22.5 Å². The zero-order chi connectivity index (χ0) is 26.3. The summed E-state index contributed by atoms with van der Waals surface area (Å²) in [6, 6.07) is 19.1. The van der Waals surface area contributed by atoms with E-state index in [2.05, 4.69) is 72.0 Å². The lowest BCUT2D eigenvalue weighted by atomic mass is 9.71. The van der Waals surface area contributed by atoms with Crippen LogP contribution in [0.4, 0.5) is 5.69 Å². The smallest absolute Gasteiger partial charge is 0.255 e. The van der Waals surface area contributed by atoms with Gasteiger partial charge in [-0.15, -0.1) is 0 Å². The number of rotatable bonds is 6. The highest BCUT2D eigenvalue weighted by atomic mass is 16.3. The Morgan fingerprint density at radius 1 is 0.944 bits per heavy atom. The lowest BCUT2D eigenvalue weighted by Gasteiger charge is -2.32. The standard InChI is InChI=1S/C33H39NO2/c1-8-9-25-19-29-30(33(6,7)22(3)32(29,4)5)20-28(25)21(2)18-23-10-12-24(13-11-23)31(36)34-26-14-16-27(35)17-15-26/h10-20,22,35H,8-9H2,1-7H3,(H,34,36)/b21-18+. The molecule has 0 heterocycles. The summed E-state index contributed by atoms with van der Waals surface area (Å²) >= 11 is 0. The number of phenolic OH excluding ortho intramolecular Hbond substituents is 1. The number of benzene rings is 3. The Kier molecular flexibility index (Phi) is 6.88. The van der Waals surface area contributed by atoms with Gasteiger partial charge in [0.2, 0.25) is 0 Å². The van der Waals surface area contributed by atoms with Crippen LogP contribution < -0.4 is 5.32 Å². The molecular formula is C33H39NO2. The predicted octanol–water partition coefficient (Wildman–Crippen LogP) is 8.36. The van der Waals surface area contributed by atoms with Gasteiger partial charge in [-0.2, -0.15) is 0 Å². The van der Waals surface area contributed by atoms with Crippen molar-refractivity contribution in [2.45, 2.75) is 72.1 Å². The third kappa shape index (κ3) is 4.72. The summed E-state index contributed by atoms with van der Waals surface area (Å²) in [5.41, 5.74) is 9.60. The number of aryl methyl sites for hydroxylation is 1. The number of phenols is 1. The molecule has 3 heteroatoms. The average molecular weight is 482 g/mol. The fourth-order valence-corrected chi connectivity index (χ4v) is 5.73. The maximum absolute atomic E-state index is 12.6. The monoisotopic (exact) mass is 481 g/mol. The van der Waals surface area contributed by atoms with Crippen molar-refractivity contribution in [1.29, 1.82) is 0 Å². The number of carbonyl (C=O) groups is 1. The minimum absolute atomic E-state index is 0.130. The van der Waals surface area contributed by atoms with Crippen LogP contribution in [0.15, 0.2) is 60.7 Å². The summed E-state index contributed by atoms with van der Waals surface area (Å²) in [5, 5.41) is 12.3. The second kappa shape index (κ2) is 9.61. The molecule has 1 atom stereocenters. The molecule has 188 valence electrons. The molecule has 0 spiro atoms. The van der Waals surface area contributed by atoms with E-state index in [1.807, 2.05) is 24.3 Å². The summed E-state index contributed by atoms with van der Waals surface area (Å²) in [7, 11) is 0. The Bertz CT molecular complexity index is 1290. The number of fused-ring (bicyclic) bond motifs is 1. The Balaban J connectivity index is 1.62. The minimum Gasteiger partial charge on any atom is -0.508 e. The van der Waals surface area contributed by atoms with E-state index in [4.69, 9.17) is 0 Å². The summed E-state index contributed by atoms with van der Waals surface area (Å²) in [5.74, 6) is 0.566. The first-order chi connectivity index (χ1) is 16.9. The van der Waals surface area contributed by atoms with Crippen LogP contribution in [0.1, 0.15) is 93.1 Å². The molecule has 0 aromatic heterocycles. The first-order valence-corrected chi connectivity index (χ1v) is 13.0. The molecule has 1 unspecified atom stereocenters. The van der Waals surface area contributed by atoms with Gasteiger partial charge < -0.3 is 10.4 Å². The van der Waals surface area contributed by atoms with E-state index < -0.39 is 0 Å². The van der Waals surface area contributed by atoms with Crippen LogP contribution in [0, 0.1) is 5.92 Å². The second-order valence-electron chi connectivity index (χ2n) is 11.4. The van der Waals surface area contributed by atoms with Crippen LogP contribution in [0.3, 0.4) is 0 Å². The first kappa shape index (κ1) is 25.8. The summed E-state index contributed by atoms with van der Waals surface area (Å²) in [6.07, 6.45) is 4.40. The third-order valence-electron chi connectivity index (χ3n) is 8.42. The van der Waals surface area contributed by atoms with Crippen molar-refractivity contribution in [2.75, 3.05) is 5.32 Å². The van der Waals surface area contributed by atoms with E-state index in [1.165, 1.54) is 27.8 Å².